The van der Waals surface area contributed by atoms with Gasteiger partial charge in [-0.1, -0.05) is 36.4 Å². The summed E-state index contributed by atoms with van der Waals surface area (Å²) in [5.41, 5.74) is 4.29. The number of hydrogen-bond acceptors (Lipinski definition) is 7. The van der Waals surface area contributed by atoms with Crippen molar-refractivity contribution in [1.29, 1.82) is 0 Å². The number of fused-ring (bicyclic) bond motifs is 2. The van der Waals surface area contributed by atoms with E-state index in [1.54, 1.807) is 16.7 Å². The van der Waals surface area contributed by atoms with E-state index in [0.717, 1.165) is 54.0 Å². The van der Waals surface area contributed by atoms with Crippen LogP contribution in [0.25, 0.3) is 16.9 Å². The number of nitrogens with zero attached hydrogens (tertiary/aromatic N) is 4. The zero-order chi connectivity index (χ0) is 28.6. The van der Waals surface area contributed by atoms with Gasteiger partial charge in [-0.15, -0.1) is 11.8 Å². The van der Waals surface area contributed by atoms with Crippen LogP contribution in [0.1, 0.15) is 29.2 Å². The molecule has 0 saturated carbocycles. The molecule has 0 unspecified atom stereocenters. The Morgan fingerprint density at radius 3 is 2.52 bits per heavy atom. The van der Waals surface area contributed by atoms with Crippen molar-refractivity contribution < 1.29 is 23.8 Å². The lowest BCUT2D eigenvalue weighted by Gasteiger charge is -2.25. The fourth-order valence-corrected chi connectivity index (χ4v) is 6.96. The lowest BCUT2D eigenvalue weighted by atomic mass is 9.99. The van der Waals surface area contributed by atoms with Crippen molar-refractivity contribution in [3.05, 3.63) is 83.9 Å². The fraction of sp³-hybridized carbons (Fsp3) is 0.281. The number of aromatic nitrogens is 2. The third-order valence-corrected chi connectivity index (χ3v) is 9.16. The SMILES string of the molecule is COc1ccc(-n2nc(-c3ccccc3)c3c2N(CC(=O)N2CCCC2)C(=O)CS[C@H]3c2ccc3c(c2)OCO3)cc1. The molecule has 1 saturated heterocycles. The average Bonchev–Trinajstić information content (AvgIpc) is 3.79. The molecule has 9 nitrogen and oxygen atoms in total. The number of rotatable bonds is 6. The van der Waals surface area contributed by atoms with E-state index in [9.17, 15) is 9.59 Å². The van der Waals surface area contributed by atoms with Gasteiger partial charge in [-0.3, -0.25) is 14.5 Å². The van der Waals surface area contributed by atoms with Crippen LogP contribution in [0.5, 0.6) is 17.2 Å². The molecule has 10 heteroatoms. The van der Waals surface area contributed by atoms with Crippen molar-refractivity contribution >= 4 is 29.4 Å². The molecule has 3 aliphatic heterocycles. The summed E-state index contributed by atoms with van der Waals surface area (Å²) >= 11 is 1.53. The van der Waals surface area contributed by atoms with Crippen LogP contribution in [0.4, 0.5) is 5.82 Å². The largest absolute Gasteiger partial charge is 0.497 e. The number of carbonyl (C=O) groups is 2. The summed E-state index contributed by atoms with van der Waals surface area (Å²) in [5, 5.41) is 4.90. The predicted molar refractivity (Wildman–Crippen MR) is 161 cm³/mol. The molecule has 0 spiro atoms. The van der Waals surface area contributed by atoms with Crippen molar-refractivity contribution in [1.82, 2.24) is 14.7 Å². The normalized spacial score (nSPS) is 17.7. The van der Waals surface area contributed by atoms with Gasteiger partial charge >= 0.3 is 0 Å². The van der Waals surface area contributed by atoms with Gasteiger partial charge in [-0.05, 0) is 54.8 Å². The first-order valence-corrected chi connectivity index (χ1v) is 15.1. The molecule has 3 aromatic carbocycles. The first-order valence-electron chi connectivity index (χ1n) is 14.0. The number of anilines is 1. The van der Waals surface area contributed by atoms with Gasteiger partial charge in [0.15, 0.2) is 11.5 Å². The van der Waals surface area contributed by atoms with Crippen LogP contribution in [0.15, 0.2) is 72.8 Å². The lowest BCUT2D eigenvalue weighted by molar-refractivity contribution is -0.130. The van der Waals surface area contributed by atoms with Crippen molar-refractivity contribution in [2.75, 3.05) is 44.2 Å². The highest BCUT2D eigenvalue weighted by Gasteiger charge is 2.39. The Balaban J connectivity index is 1.45. The third kappa shape index (κ3) is 4.75. The molecule has 4 aromatic rings. The maximum Gasteiger partial charge on any atom is 0.242 e. The summed E-state index contributed by atoms with van der Waals surface area (Å²) in [7, 11) is 1.63. The minimum Gasteiger partial charge on any atom is -0.497 e. The molecule has 1 fully saturated rings. The first-order chi connectivity index (χ1) is 20.6. The molecule has 0 aliphatic carbocycles. The van der Waals surface area contributed by atoms with Crippen LogP contribution in [0.3, 0.4) is 0 Å². The van der Waals surface area contributed by atoms with Crippen molar-refractivity contribution in [3.8, 4) is 34.2 Å². The maximum atomic E-state index is 13.9. The number of benzene rings is 3. The number of ether oxygens (including phenoxy) is 3. The summed E-state index contributed by atoms with van der Waals surface area (Å²) in [5.74, 6) is 2.71. The second-order valence-electron chi connectivity index (χ2n) is 10.4. The van der Waals surface area contributed by atoms with E-state index < -0.39 is 0 Å². The summed E-state index contributed by atoms with van der Waals surface area (Å²) in [6.45, 7) is 1.57. The average molecular weight is 583 g/mol. The van der Waals surface area contributed by atoms with Gasteiger partial charge < -0.3 is 19.1 Å². The monoisotopic (exact) mass is 582 g/mol. The lowest BCUT2D eigenvalue weighted by Crippen LogP contribution is -2.43. The molecular formula is C32H30N4O5S. The third-order valence-electron chi connectivity index (χ3n) is 7.90. The van der Waals surface area contributed by atoms with Gasteiger partial charge in [0.1, 0.15) is 18.1 Å². The van der Waals surface area contributed by atoms with E-state index in [4.69, 9.17) is 19.3 Å². The van der Waals surface area contributed by atoms with Crippen molar-refractivity contribution in [2.45, 2.75) is 18.1 Å². The molecule has 42 heavy (non-hydrogen) atoms. The Kier molecular flexibility index (Phi) is 6.99. The van der Waals surface area contributed by atoms with E-state index >= 15 is 0 Å². The number of methoxy groups -OCH3 is 1. The summed E-state index contributed by atoms with van der Waals surface area (Å²) in [4.78, 5) is 31.0. The number of carbonyl (C=O) groups excluding carboxylic acids is 2. The van der Waals surface area contributed by atoms with Crippen LogP contribution in [-0.4, -0.2) is 65.8 Å². The van der Waals surface area contributed by atoms with Crippen LogP contribution in [0.2, 0.25) is 0 Å². The molecule has 7 rings (SSSR count). The van der Waals surface area contributed by atoms with Gasteiger partial charge in [0.25, 0.3) is 0 Å². The Bertz CT molecular complexity index is 1630. The second-order valence-corrected chi connectivity index (χ2v) is 11.5. The number of amides is 2. The highest BCUT2D eigenvalue weighted by atomic mass is 32.2. The van der Waals surface area contributed by atoms with E-state index in [2.05, 4.69) is 0 Å². The Morgan fingerprint density at radius 2 is 1.76 bits per heavy atom. The van der Waals surface area contributed by atoms with Crippen molar-refractivity contribution in [2.24, 2.45) is 0 Å². The van der Waals surface area contributed by atoms with Gasteiger partial charge in [0, 0.05) is 24.2 Å². The van der Waals surface area contributed by atoms with Gasteiger partial charge in [-0.2, -0.15) is 5.10 Å². The summed E-state index contributed by atoms with van der Waals surface area (Å²) < 4.78 is 18.5. The maximum absolute atomic E-state index is 13.9. The first kappa shape index (κ1) is 26.5. The molecule has 3 aliphatic rings. The minimum absolute atomic E-state index is 0.0453. The van der Waals surface area contributed by atoms with Gasteiger partial charge in [0.05, 0.1) is 29.5 Å². The van der Waals surface area contributed by atoms with E-state index in [1.807, 2.05) is 77.7 Å². The second kappa shape index (κ2) is 11.1. The Labute approximate surface area is 248 Å². The molecular weight excluding hydrogens is 552 g/mol. The standard InChI is InChI=1S/C32H30N4O5S/c1-39-24-12-10-23(11-13-24)36-32-29(30(33-36)21-7-3-2-4-8-21)31(22-9-14-25-26(17-22)41-20-40-25)42-19-28(38)35(32)18-27(37)34-15-5-6-16-34/h2-4,7-14,17,31H,5-6,15-16,18-20H2,1H3/t31-/m0/s1. The zero-order valence-electron chi connectivity index (χ0n) is 23.2. The minimum atomic E-state index is -0.257. The Morgan fingerprint density at radius 1 is 1.00 bits per heavy atom. The molecule has 4 heterocycles. The molecule has 214 valence electrons. The molecule has 2 amide bonds. The predicted octanol–water partition coefficient (Wildman–Crippen LogP) is 5.07. The highest BCUT2D eigenvalue weighted by molar-refractivity contribution is 8.00. The molecule has 0 N–H and O–H groups in total. The highest BCUT2D eigenvalue weighted by Crippen LogP contribution is 2.50. The summed E-state index contributed by atoms with van der Waals surface area (Å²) in [6.07, 6.45) is 1.96. The summed E-state index contributed by atoms with van der Waals surface area (Å²) in [6, 6.07) is 23.5. The zero-order valence-corrected chi connectivity index (χ0v) is 24.0. The van der Waals surface area contributed by atoms with E-state index in [-0.39, 0.29) is 36.2 Å². The van der Waals surface area contributed by atoms with Gasteiger partial charge in [-0.25, -0.2) is 4.68 Å². The smallest absolute Gasteiger partial charge is 0.242 e. The molecule has 0 radical (unpaired) electrons. The Hall–Kier alpha value is -4.44. The van der Waals surface area contributed by atoms with Crippen LogP contribution in [-0.2, 0) is 9.59 Å². The van der Waals surface area contributed by atoms with Crippen LogP contribution in [0, 0.1) is 0 Å². The molecule has 1 atom stereocenters. The number of likely N-dealkylation sites (tertiary alicyclic amines) is 1. The van der Waals surface area contributed by atoms with E-state index in [1.165, 1.54) is 11.8 Å². The quantitative estimate of drug-likeness (QED) is 0.314. The van der Waals surface area contributed by atoms with Gasteiger partial charge in [0.2, 0.25) is 18.6 Å². The molecule has 0 bridgehead atoms. The van der Waals surface area contributed by atoms with Crippen LogP contribution < -0.4 is 19.1 Å². The topological polar surface area (TPSA) is 86.1 Å². The number of hydrogen-bond donors (Lipinski definition) is 0. The fourth-order valence-electron chi connectivity index (χ4n) is 5.77. The molecule has 1 aromatic heterocycles. The van der Waals surface area contributed by atoms with E-state index in [0.29, 0.717) is 23.1 Å². The van der Waals surface area contributed by atoms with Crippen molar-refractivity contribution in [3.63, 3.8) is 0 Å². The number of thioether (sulfide) groups is 1. The van der Waals surface area contributed by atoms with Crippen LogP contribution >= 0.6 is 11.8 Å².